The lowest BCUT2D eigenvalue weighted by Gasteiger charge is -2.26. The summed E-state index contributed by atoms with van der Waals surface area (Å²) < 4.78 is 16.4. The van der Waals surface area contributed by atoms with Crippen molar-refractivity contribution in [2.45, 2.75) is 18.9 Å². The molecular weight excluding hydrogens is 370 g/mol. The Labute approximate surface area is 169 Å². The van der Waals surface area contributed by atoms with Crippen molar-refractivity contribution in [3.8, 4) is 28.6 Å². The van der Waals surface area contributed by atoms with E-state index in [1.165, 1.54) is 0 Å². The van der Waals surface area contributed by atoms with Gasteiger partial charge in [-0.25, -0.2) is 9.97 Å². The molecule has 0 radical (unpaired) electrons. The van der Waals surface area contributed by atoms with Crippen molar-refractivity contribution in [1.29, 1.82) is 0 Å². The molecule has 1 N–H and O–H groups in total. The molecule has 152 valence electrons. The standard InChI is InChI=1S/C22H25N3O4/c1-27-18-11-14(12-19(28-2)20(18)29-3)21-23-17-9-5-4-8-16(17)22(24-21)25-10-6-7-15(25)13-26/h4-5,8-9,11-12,15,26H,6-7,10,13H2,1-3H3/t15-/m0/s1. The van der Waals surface area contributed by atoms with E-state index >= 15 is 0 Å². The first kappa shape index (κ1) is 19.3. The lowest BCUT2D eigenvalue weighted by molar-refractivity contribution is 0.266. The van der Waals surface area contributed by atoms with Crippen LogP contribution in [0.1, 0.15) is 12.8 Å². The summed E-state index contributed by atoms with van der Waals surface area (Å²) in [5, 5.41) is 10.8. The third-order valence-electron chi connectivity index (χ3n) is 5.37. The van der Waals surface area contributed by atoms with Crippen molar-refractivity contribution in [3.05, 3.63) is 36.4 Å². The minimum Gasteiger partial charge on any atom is -0.493 e. The Morgan fingerprint density at radius 3 is 2.41 bits per heavy atom. The predicted octanol–water partition coefficient (Wildman–Crippen LogP) is 3.28. The second-order valence-electron chi connectivity index (χ2n) is 6.97. The summed E-state index contributed by atoms with van der Waals surface area (Å²) in [6.45, 7) is 0.971. The number of anilines is 1. The van der Waals surface area contributed by atoms with Gasteiger partial charge in [-0.1, -0.05) is 12.1 Å². The third-order valence-corrected chi connectivity index (χ3v) is 5.37. The Morgan fingerprint density at radius 2 is 1.76 bits per heavy atom. The number of methoxy groups -OCH3 is 3. The lowest BCUT2D eigenvalue weighted by atomic mass is 10.1. The summed E-state index contributed by atoms with van der Waals surface area (Å²) >= 11 is 0. The van der Waals surface area contributed by atoms with Crippen molar-refractivity contribution in [2.24, 2.45) is 0 Å². The average molecular weight is 395 g/mol. The molecule has 0 unspecified atom stereocenters. The molecular formula is C22H25N3O4. The van der Waals surface area contributed by atoms with Crippen LogP contribution < -0.4 is 19.1 Å². The van der Waals surface area contributed by atoms with Crippen molar-refractivity contribution < 1.29 is 19.3 Å². The van der Waals surface area contributed by atoms with Crippen LogP contribution >= 0.6 is 0 Å². The quantitative estimate of drug-likeness (QED) is 0.686. The van der Waals surface area contributed by atoms with Gasteiger partial charge in [0.2, 0.25) is 5.75 Å². The van der Waals surface area contributed by atoms with E-state index in [9.17, 15) is 5.11 Å². The second-order valence-corrected chi connectivity index (χ2v) is 6.97. The van der Waals surface area contributed by atoms with Crippen molar-refractivity contribution in [3.63, 3.8) is 0 Å². The number of benzene rings is 2. The first-order valence-electron chi connectivity index (χ1n) is 9.64. The van der Waals surface area contributed by atoms with Crippen LogP contribution in [0.4, 0.5) is 5.82 Å². The number of aliphatic hydroxyl groups excluding tert-OH is 1. The lowest BCUT2D eigenvalue weighted by Crippen LogP contribution is -2.33. The van der Waals surface area contributed by atoms with Gasteiger partial charge < -0.3 is 24.2 Å². The normalized spacial score (nSPS) is 16.3. The summed E-state index contributed by atoms with van der Waals surface area (Å²) in [7, 11) is 4.75. The van der Waals surface area contributed by atoms with Gasteiger partial charge in [-0.3, -0.25) is 0 Å². The highest BCUT2D eigenvalue weighted by Crippen LogP contribution is 2.41. The average Bonchev–Trinajstić information content (AvgIpc) is 3.25. The van der Waals surface area contributed by atoms with Gasteiger partial charge in [-0.05, 0) is 37.1 Å². The van der Waals surface area contributed by atoms with Gasteiger partial charge in [0.1, 0.15) is 5.82 Å². The molecule has 1 atom stereocenters. The maximum atomic E-state index is 9.82. The molecule has 0 aliphatic carbocycles. The number of hydrogen-bond acceptors (Lipinski definition) is 7. The minimum absolute atomic E-state index is 0.0705. The molecule has 2 heterocycles. The van der Waals surface area contributed by atoms with E-state index in [0.29, 0.717) is 23.1 Å². The SMILES string of the molecule is COc1cc(-c2nc(N3CCC[C@H]3CO)c3ccccc3n2)cc(OC)c1OC. The zero-order valence-electron chi connectivity index (χ0n) is 16.9. The molecule has 1 fully saturated rings. The molecule has 1 aromatic heterocycles. The minimum atomic E-state index is 0.0705. The Kier molecular flexibility index (Phi) is 5.40. The van der Waals surface area contributed by atoms with E-state index < -0.39 is 0 Å². The van der Waals surface area contributed by atoms with Gasteiger partial charge in [0, 0.05) is 17.5 Å². The zero-order valence-corrected chi connectivity index (χ0v) is 16.9. The van der Waals surface area contributed by atoms with Gasteiger partial charge in [-0.2, -0.15) is 0 Å². The van der Waals surface area contributed by atoms with Gasteiger partial charge in [0.15, 0.2) is 17.3 Å². The van der Waals surface area contributed by atoms with Crippen LogP contribution in [-0.4, -0.2) is 55.6 Å². The molecule has 0 saturated carbocycles. The number of ether oxygens (including phenoxy) is 3. The molecule has 4 rings (SSSR count). The first-order valence-corrected chi connectivity index (χ1v) is 9.64. The number of fused-ring (bicyclic) bond motifs is 1. The highest BCUT2D eigenvalue weighted by Gasteiger charge is 2.27. The van der Waals surface area contributed by atoms with E-state index in [2.05, 4.69) is 4.90 Å². The van der Waals surface area contributed by atoms with Crippen LogP contribution in [-0.2, 0) is 0 Å². The molecule has 2 aromatic carbocycles. The summed E-state index contributed by atoms with van der Waals surface area (Å²) in [5.41, 5.74) is 1.62. The molecule has 1 aliphatic heterocycles. The number of nitrogens with zero attached hydrogens (tertiary/aromatic N) is 3. The van der Waals surface area contributed by atoms with Crippen LogP contribution in [0, 0.1) is 0 Å². The smallest absolute Gasteiger partial charge is 0.203 e. The maximum absolute atomic E-state index is 9.82. The number of hydrogen-bond donors (Lipinski definition) is 1. The fourth-order valence-electron chi connectivity index (χ4n) is 3.92. The van der Waals surface area contributed by atoms with E-state index in [0.717, 1.165) is 41.7 Å². The topological polar surface area (TPSA) is 76.9 Å². The van der Waals surface area contributed by atoms with E-state index in [-0.39, 0.29) is 12.6 Å². The highest BCUT2D eigenvalue weighted by atomic mass is 16.5. The first-order chi connectivity index (χ1) is 14.2. The van der Waals surface area contributed by atoms with Crippen LogP contribution in [0.25, 0.3) is 22.3 Å². The Balaban J connectivity index is 1.91. The molecule has 1 saturated heterocycles. The highest BCUT2D eigenvalue weighted by molar-refractivity contribution is 5.91. The molecule has 3 aromatic rings. The number of rotatable bonds is 6. The van der Waals surface area contributed by atoms with Crippen molar-refractivity contribution >= 4 is 16.7 Å². The fraction of sp³-hybridized carbons (Fsp3) is 0.364. The Morgan fingerprint density at radius 1 is 1.03 bits per heavy atom. The summed E-state index contributed by atoms with van der Waals surface area (Å²) in [5.74, 6) is 3.04. The summed E-state index contributed by atoms with van der Waals surface area (Å²) in [6, 6.07) is 11.7. The van der Waals surface area contributed by atoms with Gasteiger partial charge >= 0.3 is 0 Å². The van der Waals surface area contributed by atoms with Crippen molar-refractivity contribution in [2.75, 3.05) is 39.4 Å². The molecule has 7 heteroatoms. The van der Waals surface area contributed by atoms with Crippen molar-refractivity contribution in [1.82, 2.24) is 9.97 Å². The Hall–Kier alpha value is -3.06. The van der Waals surface area contributed by atoms with Gasteiger partial charge in [0.05, 0.1) is 39.5 Å². The third kappa shape index (κ3) is 3.42. The molecule has 7 nitrogen and oxygen atoms in total. The Bertz CT molecular complexity index is 999. The molecule has 0 amide bonds. The van der Waals surface area contributed by atoms with Crippen LogP contribution in [0.2, 0.25) is 0 Å². The van der Waals surface area contributed by atoms with E-state index in [4.69, 9.17) is 24.2 Å². The second kappa shape index (κ2) is 8.13. The number of aromatic nitrogens is 2. The zero-order chi connectivity index (χ0) is 20.4. The van der Waals surface area contributed by atoms with Crippen LogP contribution in [0.5, 0.6) is 17.2 Å². The van der Waals surface area contributed by atoms with Gasteiger partial charge in [0.25, 0.3) is 0 Å². The largest absolute Gasteiger partial charge is 0.493 e. The fourth-order valence-corrected chi connectivity index (χ4v) is 3.92. The van der Waals surface area contributed by atoms with E-state index in [1.807, 2.05) is 36.4 Å². The van der Waals surface area contributed by atoms with Gasteiger partial charge in [-0.15, -0.1) is 0 Å². The molecule has 1 aliphatic rings. The van der Waals surface area contributed by atoms with E-state index in [1.54, 1.807) is 21.3 Å². The summed E-state index contributed by atoms with van der Waals surface area (Å²) in [4.78, 5) is 11.9. The molecule has 29 heavy (non-hydrogen) atoms. The maximum Gasteiger partial charge on any atom is 0.203 e. The molecule has 0 spiro atoms. The number of aliphatic hydroxyl groups is 1. The van der Waals surface area contributed by atoms with Crippen LogP contribution in [0.15, 0.2) is 36.4 Å². The monoisotopic (exact) mass is 395 g/mol. The van der Waals surface area contributed by atoms with Crippen LogP contribution in [0.3, 0.4) is 0 Å². The number of para-hydroxylation sites is 1. The molecule has 0 bridgehead atoms. The summed E-state index contributed by atoms with van der Waals surface area (Å²) in [6.07, 6.45) is 1.98. The predicted molar refractivity (Wildman–Crippen MR) is 112 cm³/mol.